The normalized spacial score (nSPS) is 9.90. The van der Waals surface area contributed by atoms with Crippen LogP contribution in [0.3, 0.4) is 0 Å². The summed E-state index contributed by atoms with van der Waals surface area (Å²) < 4.78 is 5.01. The maximum Gasteiger partial charge on any atom is 0.224 e. The highest BCUT2D eigenvalue weighted by molar-refractivity contribution is 6.01. The molecule has 20 heavy (non-hydrogen) atoms. The lowest BCUT2D eigenvalue weighted by Gasteiger charge is -2.06. The summed E-state index contributed by atoms with van der Waals surface area (Å²) in [4.78, 5) is 34.2. The van der Waals surface area contributed by atoms with Crippen LogP contribution in [0.2, 0.25) is 0 Å². The second kappa shape index (κ2) is 8.09. The molecule has 0 saturated carbocycles. The van der Waals surface area contributed by atoms with Crippen molar-refractivity contribution in [3.8, 4) is 5.75 Å². The number of nitrogens with one attached hydrogen (secondary N) is 1. The molecule has 1 amide bonds. The number of carbonyl (C=O) groups excluding carboxylic acids is 3. The van der Waals surface area contributed by atoms with E-state index in [4.69, 9.17) is 4.74 Å². The number of benzene rings is 1. The first-order valence-corrected chi connectivity index (χ1v) is 6.52. The summed E-state index contributed by atoms with van der Waals surface area (Å²) >= 11 is 0. The van der Waals surface area contributed by atoms with Crippen molar-refractivity contribution in [1.82, 2.24) is 0 Å². The van der Waals surface area contributed by atoms with E-state index in [1.54, 1.807) is 38.3 Å². The van der Waals surface area contributed by atoms with Crippen LogP contribution < -0.4 is 10.1 Å². The van der Waals surface area contributed by atoms with Crippen LogP contribution in [-0.2, 0) is 14.4 Å². The summed E-state index contributed by atoms with van der Waals surface area (Å²) in [6, 6.07) is 6.92. The van der Waals surface area contributed by atoms with Crippen molar-refractivity contribution >= 4 is 23.2 Å². The van der Waals surface area contributed by atoms with E-state index in [1.807, 2.05) is 0 Å². The van der Waals surface area contributed by atoms with Gasteiger partial charge in [-0.15, -0.1) is 0 Å². The quantitative estimate of drug-likeness (QED) is 0.740. The predicted molar refractivity (Wildman–Crippen MR) is 75.8 cm³/mol. The molecule has 0 spiro atoms. The number of Topliss-reactive ketones (excluding diaryl/α,β-unsaturated/α-hetero) is 2. The summed E-state index contributed by atoms with van der Waals surface area (Å²) in [5.74, 6) is 0.177. The molecular weight excluding hydrogens is 258 g/mol. The average molecular weight is 277 g/mol. The van der Waals surface area contributed by atoms with E-state index in [2.05, 4.69) is 5.32 Å². The largest absolute Gasteiger partial charge is 0.497 e. The van der Waals surface area contributed by atoms with Crippen molar-refractivity contribution in [2.24, 2.45) is 0 Å². The number of amides is 1. The molecule has 0 radical (unpaired) electrons. The molecule has 5 nitrogen and oxygen atoms in total. The number of hydrogen-bond acceptors (Lipinski definition) is 4. The van der Waals surface area contributed by atoms with Crippen LogP contribution in [0, 0.1) is 0 Å². The van der Waals surface area contributed by atoms with Gasteiger partial charge in [0.25, 0.3) is 0 Å². The fourth-order valence-electron chi connectivity index (χ4n) is 1.58. The van der Waals surface area contributed by atoms with Crippen molar-refractivity contribution in [1.29, 1.82) is 0 Å². The van der Waals surface area contributed by atoms with Gasteiger partial charge in [0.2, 0.25) is 5.91 Å². The molecule has 0 heterocycles. The lowest BCUT2D eigenvalue weighted by atomic mass is 10.1. The first-order chi connectivity index (χ1) is 9.55. The van der Waals surface area contributed by atoms with Crippen LogP contribution in [0.25, 0.3) is 0 Å². The number of rotatable bonds is 8. The van der Waals surface area contributed by atoms with Crippen LogP contribution in [0.1, 0.15) is 32.6 Å². The van der Waals surface area contributed by atoms with Crippen molar-refractivity contribution in [2.45, 2.75) is 32.6 Å². The summed E-state index contributed by atoms with van der Waals surface area (Å²) in [7, 11) is 1.57. The van der Waals surface area contributed by atoms with Crippen molar-refractivity contribution in [3.63, 3.8) is 0 Å². The molecule has 0 aliphatic carbocycles. The van der Waals surface area contributed by atoms with Gasteiger partial charge in [0.15, 0.2) is 0 Å². The minimum absolute atomic E-state index is 0.0771. The zero-order chi connectivity index (χ0) is 15.0. The van der Waals surface area contributed by atoms with Crippen molar-refractivity contribution in [3.05, 3.63) is 24.3 Å². The first kappa shape index (κ1) is 15.9. The SMILES string of the molecule is CCC(=O)CC(=O)CCC(=O)Nc1ccc(OC)cc1. The highest BCUT2D eigenvalue weighted by atomic mass is 16.5. The zero-order valence-electron chi connectivity index (χ0n) is 11.8. The number of anilines is 1. The van der Waals surface area contributed by atoms with E-state index in [-0.39, 0.29) is 36.7 Å². The minimum atomic E-state index is -0.243. The van der Waals surface area contributed by atoms with Crippen molar-refractivity contribution in [2.75, 3.05) is 12.4 Å². The Labute approximate surface area is 118 Å². The Kier molecular flexibility index (Phi) is 6.43. The molecule has 0 aromatic heterocycles. The first-order valence-electron chi connectivity index (χ1n) is 6.52. The molecule has 0 bridgehead atoms. The zero-order valence-corrected chi connectivity index (χ0v) is 11.8. The van der Waals surface area contributed by atoms with E-state index in [1.165, 1.54) is 0 Å². The molecule has 1 N–H and O–H groups in total. The standard InChI is InChI=1S/C15H19NO4/c1-3-12(17)10-13(18)6-9-15(19)16-11-4-7-14(20-2)8-5-11/h4-5,7-8H,3,6,9-10H2,1-2H3,(H,16,19). The van der Waals surface area contributed by atoms with Crippen LogP contribution in [-0.4, -0.2) is 24.6 Å². The average Bonchev–Trinajstić information content (AvgIpc) is 2.45. The van der Waals surface area contributed by atoms with Gasteiger partial charge >= 0.3 is 0 Å². The number of hydrogen-bond donors (Lipinski definition) is 1. The van der Waals surface area contributed by atoms with E-state index < -0.39 is 0 Å². The Morgan fingerprint density at radius 2 is 1.70 bits per heavy atom. The monoisotopic (exact) mass is 277 g/mol. The fraction of sp³-hybridized carbons (Fsp3) is 0.400. The number of ether oxygens (including phenoxy) is 1. The van der Waals surface area contributed by atoms with E-state index in [9.17, 15) is 14.4 Å². The molecule has 108 valence electrons. The van der Waals surface area contributed by atoms with Gasteiger partial charge in [-0.05, 0) is 24.3 Å². The van der Waals surface area contributed by atoms with Gasteiger partial charge in [0, 0.05) is 24.9 Å². The molecule has 1 aromatic carbocycles. The highest BCUT2D eigenvalue weighted by Crippen LogP contribution is 2.15. The fourth-order valence-corrected chi connectivity index (χ4v) is 1.58. The van der Waals surface area contributed by atoms with Gasteiger partial charge in [0.05, 0.1) is 13.5 Å². The molecule has 1 rings (SSSR count). The van der Waals surface area contributed by atoms with Gasteiger partial charge in [-0.3, -0.25) is 14.4 Å². The van der Waals surface area contributed by atoms with Crippen LogP contribution >= 0.6 is 0 Å². The molecule has 0 saturated heterocycles. The Morgan fingerprint density at radius 1 is 1.05 bits per heavy atom. The Bertz CT molecular complexity index is 479. The molecule has 0 atom stereocenters. The van der Waals surface area contributed by atoms with Crippen LogP contribution in [0.15, 0.2) is 24.3 Å². The maximum atomic E-state index is 11.6. The van der Waals surface area contributed by atoms with Gasteiger partial charge < -0.3 is 10.1 Å². The number of carbonyl (C=O) groups is 3. The molecule has 0 fully saturated rings. The minimum Gasteiger partial charge on any atom is -0.497 e. The summed E-state index contributed by atoms with van der Waals surface area (Å²) in [6.07, 6.45) is 0.450. The van der Waals surface area contributed by atoms with Gasteiger partial charge in [-0.2, -0.15) is 0 Å². The van der Waals surface area contributed by atoms with E-state index in [0.29, 0.717) is 17.9 Å². The Morgan fingerprint density at radius 3 is 2.25 bits per heavy atom. The lowest BCUT2D eigenvalue weighted by molar-refractivity contribution is -0.128. The third-order valence-corrected chi connectivity index (χ3v) is 2.79. The Hall–Kier alpha value is -2.17. The number of ketones is 2. The van der Waals surface area contributed by atoms with Crippen molar-refractivity contribution < 1.29 is 19.1 Å². The number of methoxy groups -OCH3 is 1. The van der Waals surface area contributed by atoms with Gasteiger partial charge in [-0.1, -0.05) is 6.92 Å². The molecule has 0 aliphatic rings. The summed E-state index contributed by atoms with van der Waals surface area (Å²) in [6.45, 7) is 1.71. The van der Waals surface area contributed by atoms with Gasteiger partial charge in [0.1, 0.15) is 17.3 Å². The topological polar surface area (TPSA) is 72.5 Å². The highest BCUT2D eigenvalue weighted by Gasteiger charge is 2.10. The Balaban J connectivity index is 2.36. The van der Waals surface area contributed by atoms with Crippen LogP contribution in [0.4, 0.5) is 5.69 Å². The summed E-state index contributed by atoms with van der Waals surface area (Å²) in [5.41, 5.74) is 0.646. The lowest BCUT2D eigenvalue weighted by Crippen LogP contribution is -2.14. The molecular formula is C15H19NO4. The summed E-state index contributed by atoms with van der Waals surface area (Å²) in [5, 5.41) is 2.68. The van der Waals surface area contributed by atoms with E-state index >= 15 is 0 Å². The molecule has 0 unspecified atom stereocenters. The third-order valence-electron chi connectivity index (χ3n) is 2.79. The molecule has 5 heteroatoms. The van der Waals surface area contributed by atoms with E-state index in [0.717, 1.165) is 0 Å². The molecule has 0 aliphatic heterocycles. The van der Waals surface area contributed by atoms with Gasteiger partial charge in [-0.25, -0.2) is 0 Å². The second-order valence-electron chi connectivity index (χ2n) is 4.38. The predicted octanol–water partition coefficient (Wildman–Crippen LogP) is 2.35. The third kappa shape index (κ3) is 5.65. The molecule has 1 aromatic rings. The maximum absolute atomic E-state index is 11.6. The second-order valence-corrected chi connectivity index (χ2v) is 4.38. The van der Waals surface area contributed by atoms with Crippen LogP contribution in [0.5, 0.6) is 5.75 Å². The smallest absolute Gasteiger partial charge is 0.224 e.